The Bertz CT molecular complexity index is 840. The van der Waals surface area contributed by atoms with Crippen LogP contribution < -0.4 is 5.32 Å². The summed E-state index contributed by atoms with van der Waals surface area (Å²) in [5.41, 5.74) is -0.0270. The molecule has 1 unspecified atom stereocenters. The van der Waals surface area contributed by atoms with E-state index in [4.69, 9.17) is 0 Å². The highest BCUT2D eigenvalue weighted by Gasteiger charge is 2.37. The van der Waals surface area contributed by atoms with Gasteiger partial charge in [0.05, 0.1) is 11.6 Å². The molecule has 1 amide bonds. The molecule has 0 aliphatic heterocycles. The second-order valence-electron chi connectivity index (χ2n) is 6.02. The minimum absolute atomic E-state index is 0.0125. The van der Waals surface area contributed by atoms with Gasteiger partial charge >= 0.3 is 6.18 Å². The molecule has 0 fully saturated rings. The number of benzene rings is 1. The molecule has 1 aromatic carbocycles. The average Bonchev–Trinajstić information content (AvgIpc) is 2.61. The largest absolute Gasteiger partial charge is 0.433 e. The fourth-order valence-corrected chi connectivity index (χ4v) is 2.95. The predicted octanol–water partition coefficient (Wildman–Crippen LogP) is 3.28. The Kier molecular flexibility index (Phi) is 4.21. The molecule has 1 atom stereocenters. The maximum atomic E-state index is 12.5. The third-order valence-corrected chi connectivity index (χ3v) is 4.31. The van der Waals surface area contributed by atoms with Crippen LogP contribution in [-0.4, -0.2) is 16.4 Å². The van der Waals surface area contributed by atoms with Gasteiger partial charge in [-0.3, -0.25) is 9.78 Å². The lowest BCUT2D eigenvalue weighted by atomic mass is 9.78. The standard InChI is InChI=1S/C18H14F3N3O/c19-18(20,21)15-6-5-14(10-23-15)16(25)24-17(11-22)8-7-12-3-1-2-4-13(12)9-17/h1-6,10H,7-9H2,(H,24,25). The Morgan fingerprint density at radius 1 is 1.20 bits per heavy atom. The van der Waals surface area contributed by atoms with Gasteiger partial charge in [0.15, 0.2) is 0 Å². The summed E-state index contributed by atoms with van der Waals surface area (Å²) < 4.78 is 37.6. The number of rotatable bonds is 2. The van der Waals surface area contributed by atoms with Crippen molar-refractivity contribution in [2.45, 2.75) is 31.0 Å². The van der Waals surface area contributed by atoms with Crippen LogP contribution in [0.2, 0.25) is 0 Å². The van der Waals surface area contributed by atoms with Crippen LogP contribution in [-0.2, 0) is 19.0 Å². The van der Waals surface area contributed by atoms with Gasteiger partial charge in [-0.05, 0) is 36.1 Å². The number of nitrogens with zero attached hydrogens (tertiary/aromatic N) is 2. The number of carbonyl (C=O) groups excluding carboxylic acids is 1. The maximum Gasteiger partial charge on any atom is 0.433 e. The molecule has 25 heavy (non-hydrogen) atoms. The lowest BCUT2D eigenvalue weighted by Gasteiger charge is -2.33. The number of aryl methyl sites for hydroxylation is 1. The monoisotopic (exact) mass is 345 g/mol. The van der Waals surface area contributed by atoms with Crippen molar-refractivity contribution in [3.63, 3.8) is 0 Å². The van der Waals surface area contributed by atoms with Gasteiger partial charge in [0, 0.05) is 12.6 Å². The smallest absolute Gasteiger partial charge is 0.333 e. The lowest BCUT2D eigenvalue weighted by Crippen LogP contribution is -2.51. The first-order chi connectivity index (χ1) is 11.8. The van der Waals surface area contributed by atoms with Gasteiger partial charge in [0.2, 0.25) is 0 Å². The van der Waals surface area contributed by atoms with Crippen molar-refractivity contribution in [2.75, 3.05) is 0 Å². The molecule has 1 aliphatic rings. The van der Waals surface area contributed by atoms with Crippen LogP contribution in [0.4, 0.5) is 13.2 Å². The molecular weight excluding hydrogens is 331 g/mol. The molecule has 1 aromatic heterocycles. The number of pyridine rings is 1. The summed E-state index contributed by atoms with van der Waals surface area (Å²) in [6, 6.07) is 11.7. The van der Waals surface area contributed by atoms with Gasteiger partial charge in [-0.2, -0.15) is 18.4 Å². The van der Waals surface area contributed by atoms with Crippen LogP contribution in [0.5, 0.6) is 0 Å². The van der Waals surface area contributed by atoms with E-state index >= 15 is 0 Å². The second kappa shape index (κ2) is 6.20. The number of nitriles is 1. The Hall–Kier alpha value is -2.88. The Morgan fingerprint density at radius 3 is 2.52 bits per heavy atom. The van der Waals surface area contributed by atoms with Crippen molar-refractivity contribution in [3.05, 3.63) is 65.0 Å². The Labute approximate surface area is 142 Å². The van der Waals surface area contributed by atoms with Gasteiger partial charge < -0.3 is 5.32 Å². The van der Waals surface area contributed by atoms with Crippen LogP contribution in [0.1, 0.15) is 33.6 Å². The van der Waals surface area contributed by atoms with Gasteiger partial charge in [-0.1, -0.05) is 24.3 Å². The minimum atomic E-state index is -4.56. The minimum Gasteiger partial charge on any atom is -0.333 e. The van der Waals surface area contributed by atoms with Crippen molar-refractivity contribution in [2.24, 2.45) is 0 Å². The molecule has 1 N–H and O–H groups in total. The highest BCUT2D eigenvalue weighted by Crippen LogP contribution is 2.29. The zero-order valence-corrected chi connectivity index (χ0v) is 13.1. The number of alkyl halides is 3. The number of fused-ring (bicyclic) bond motifs is 1. The fourth-order valence-electron chi connectivity index (χ4n) is 2.95. The molecule has 1 aliphatic carbocycles. The van der Waals surface area contributed by atoms with Crippen LogP contribution in [0.25, 0.3) is 0 Å². The first kappa shape index (κ1) is 17.0. The summed E-state index contributed by atoms with van der Waals surface area (Å²) >= 11 is 0. The summed E-state index contributed by atoms with van der Waals surface area (Å²) in [6.07, 6.45) is -2.23. The quantitative estimate of drug-likeness (QED) is 0.908. The van der Waals surface area contributed by atoms with Crippen molar-refractivity contribution in [1.82, 2.24) is 10.3 Å². The second-order valence-corrected chi connectivity index (χ2v) is 6.02. The van der Waals surface area contributed by atoms with E-state index in [2.05, 4.69) is 16.4 Å². The van der Waals surface area contributed by atoms with E-state index < -0.39 is 23.3 Å². The number of nitrogens with one attached hydrogen (secondary N) is 1. The molecule has 0 saturated heterocycles. The zero-order chi connectivity index (χ0) is 18.1. The number of hydrogen-bond acceptors (Lipinski definition) is 3. The molecule has 4 nitrogen and oxygen atoms in total. The molecule has 0 radical (unpaired) electrons. The summed E-state index contributed by atoms with van der Waals surface area (Å²) in [5, 5.41) is 12.3. The third-order valence-electron chi connectivity index (χ3n) is 4.31. The topological polar surface area (TPSA) is 65.8 Å². The van der Waals surface area contributed by atoms with Crippen molar-refractivity contribution in [1.29, 1.82) is 5.26 Å². The van der Waals surface area contributed by atoms with E-state index in [1.54, 1.807) is 0 Å². The van der Waals surface area contributed by atoms with Crippen LogP contribution in [0, 0.1) is 11.3 Å². The van der Waals surface area contributed by atoms with Crippen molar-refractivity contribution < 1.29 is 18.0 Å². The molecule has 0 saturated carbocycles. The van der Waals surface area contributed by atoms with E-state index in [0.717, 1.165) is 29.5 Å². The highest BCUT2D eigenvalue weighted by molar-refractivity contribution is 5.94. The highest BCUT2D eigenvalue weighted by atomic mass is 19.4. The summed E-state index contributed by atoms with van der Waals surface area (Å²) in [5.74, 6) is -0.609. The van der Waals surface area contributed by atoms with Gasteiger partial charge in [0.1, 0.15) is 11.2 Å². The van der Waals surface area contributed by atoms with Gasteiger partial charge in [-0.15, -0.1) is 0 Å². The molecule has 0 bridgehead atoms. The van der Waals surface area contributed by atoms with Gasteiger partial charge in [-0.25, -0.2) is 0 Å². The number of carbonyl (C=O) groups is 1. The van der Waals surface area contributed by atoms with Crippen molar-refractivity contribution in [3.8, 4) is 6.07 Å². The summed E-state index contributed by atoms with van der Waals surface area (Å²) in [7, 11) is 0. The van der Waals surface area contributed by atoms with Gasteiger partial charge in [0.25, 0.3) is 5.91 Å². The Balaban J connectivity index is 1.79. The zero-order valence-electron chi connectivity index (χ0n) is 13.1. The van der Waals surface area contributed by atoms with E-state index in [0.29, 0.717) is 19.3 Å². The van der Waals surface area contributed by atoms with E-state index in [-0.39, 0.29) is 5.56 Å². The summed E-state index contributed by atoms with van der Waals surface area (Å²) in [6.45, 7) is 0. The van der Waals surface area contributed by atoms with E-state index in [9.17, 15) is 23.2 Å². The molecule has 1 heterocycles. The first-order valence-electron chi connectivity index (χ1n) is 7.67. The number of amides is 1. The van der Waals surface area contributed by atoms with E-state index in [1.165, 1.54) is 0 Å². The third kappa shape index (κ3) is 3.48. The summed E-state index contributed by atoms with van der Waals surface area (Å²) in [4.78, 5) is 15.6. The SMILES string of the molecule is N#CC1(NC(=O)c2ccc(C(F)(F)F)nc2)CCc2ccccc2C1. The van der Waals surface area contributed by atoms with Crippen molar-refractivity contribution >= 4 is 5.91 Å². The average molecular weight is 345 g/mol. The predicted molar refractivity (Wildman–Crippen MR) is 83.5 cm³/mol. The molecule has 3 rings (SSSR count). The first-order valence-corrected chi connectivity index (χ1v) is 7.67. The van der Waals surface area contributed by atoms with Crippen LogP contribution >= 0.6 is 0 Å². The number of halogens is 3. The van der Waals surface area contributed by atoms with Crippen LogP contribution in [0.3, 0.4) is 0 Å². The molecular formula is C18H14F3N3O. The Morgan fingerprint density at radius 2 is 1.92 bits per heavy atom. The molecule has 128 valence electrons. The molecule has 7 heteroatoms. The molecule has 2 aromatic rings. The number of aromatic nitrogens is 1. The van der Waals surface area contributed by atoms with E-state index in [1.807, 2.05) is 24.3 Å². The molecule has 0 spiro atoms. The fraction of sp³-hybridized carbons (Fsp3) is 0.278. The number of hydrogen-bond donors (Lipinski definition) is 1. The van der Waals surface area contributed by atoms with Crippen LogP contribution in [0.15, 0.2) is 42.6 Å². The normalized spacial score (nSPS) is 19.6. The lowest BCUT2D eigenvalue weighted by molar-refractivity contribution is -0.141. The maximum absolute atomic E-state index is 12.5.